The molecule has 3 rings (SSSR count). The second-order valence-corrected chi connectivity index (χ2v) is 6.96. The zero-order valence-electron chi connectivity index (χ0n) is 11.6. The van der Waals surface area contributed by atoms with Crippen molar-refractivity contribution in [2.24, 2.45) is 0 Å². The lowest BCUT2D eigenvalue weighted by molar-refractivity contribution is 0.551. The summed E-state index contributed by atoms with van der Waals surface area (Å²) in [6.45, 7) is 1.92. The molecule has 2 aromatic rings. The quantitative estimate of drug-likeness (QED) is 0.645. The van der Waals surface area contributed by atoms with Crippen molar-refractivity contribution in [1.82, 2.24) is 4.31 Å². The lowest BCUT2D eigenvalue weighted by Gasteiger charge is -2.06. The third-order valence-corrected chi connectivity index (χ3v) is 5.54. The molecule has 2 aromatic carbocycles. The first-order chi connectivity index (χ1) is 10.1. The van der Waals surface area contributed by atoms with Crippen LogP contribution in [0.3, 0.4) is 0 Å². The van der Waals surface area contributed by atoms with Gasteiger partial charge in [0.05, 0.1) is 10.9 Å². The Hall–Kier alpha value is -2.09. The van der Waals surface area contributed by atoms with E-state index in [2.05, 4.69) is 5.92 Å². The summed E-state index contributed by atoms with van der Waals surface area (Å²) in [5.74, 6) is 2.57. The maximum Gasteiger partial charge on any atom is 0.244 e. The molecule has 0 saturated carbocycles. The molecule has 1 aliphatic rings. The summed E-state index contributed by atoms with van der Waals surface area (Å²) in [7, 11) is -3.55. The van der Waals surface area contributed by atoms with Crippen LogP contribution >= 0.6 is 0 Å². The van der Waals surface area contributed by atoms with Gasteiger partial charge in [-0.05, 0) is 24.6 Å². The van der Waals surface area contributed by atoms with Crippen molar-refractivity contribution in [1.29, 1.82) is 0 Å². The Kier molecular flexibility index (Phi) is 3.32. The largest absolute Gasteiger partial charge is 0.244 e. The molecular weight excluding hydrogens is 282 g/mol. The molecule has 1 saturated heterocycles. The average Bonchev–Trinajstić information content (AvgIpc) is 3.24. The van der Waals surface area contributed by atoms with Crippen LogP contribution in [0, 0.1) is 19.3 Å². The predicted molar refractivity (Wildman–Crippen MR) is 82.0 cm³/mol. The SMILES string of the molecule is C#C[C@@H]1[C@H](c2ccccc2)N1S(=O)(=O)c1ccc(C)cc1. The molecule has 1 fully saturated rings. The molecule has 0 N–H and O–H groups in total. The van der Waals surface area contributed by atoms with Gasteiger partial charge in [-0.2, -0.15) is 4.31 Å². The minimum absolute atomic E-state index is 0.262. The van der Waals surface area contributed by atoms with Crippen LogP contribution in [0.25, 0.3) is 0 Å². The van der Waals surface area contributed by atoms with E-state index in [0.717, 1.165) is 11.1 Å². The maximum atomic E-state index is 12.7. The van der Waals surface area contributed by atoms with Crippen LogP contribution in [-0.4, -0.2) is 18.8 Å². The standard InChI is InChI=1S/C17H15NO2S/c1-3-16-17(14-7-5-4-6-8-14)18(16)21(19,20)15-11-9-13(2)10-12-15/h1,4-12,16-17H,2H3/t16-,17+,18?/m1/s1. The van der Waals surface area contributed by atoms with E-state index in [1.54, 1.807) is 24.3 Å². The summed E-state index contributed by atoms with van der Waals surface area (Å²) in [4.78, 5) is 0.284. The van der Waals surface area contributed by atoms with Crippen LogP contribution < -0.4 is 0 Å². The second-order valence-electron chi connectivity index (χ2n) is 5.12. The number of benzene rings is 2. The van der Waals surface area contributed by atoms with Gasteiger partial charge in [-0.25, -0.2) is 8.42 Å². The van der Waals surface area contributed by atoms with E-state index in [-0.39, 0.29) is 10.9 Å². The maximum absolute atomic E-state index is 12.7. The Morgan fingerprint density at radius 1 is 1.05 bits per heavy atom. The average molecular weight is 297 g/mol. The molecular formula is C17H15NO2S. The van der Waals surface area contributed by atoms with Crippen molar-refractivity contribution in [3.8, 4) is 12.3 Å². The zero-order valence-corrected chi connectivity index (χ0v) is 12.4. The van der Waals surface area contributed by atoms with E-state index < -0.39 is 16.1 Å². The molecule has 0 amide bonds. The molecule has 1 aliphatic heterocycles. The first-order valence-electron chi connectivity index (χ1n) is 6.67. The second kappa shape index (κ2) is 5.03. The van der Waals surface area contributed by atoms with Crippen LogP contribution in [0.1, 0.15) is 17.2 Å². The lowest BCUT2D eigenvalue weighted by Crippen LogP contribution is -2.14. The highest BCUT2D eigenvalue weighted by Crippen LogP contribution is 2.47. The van der Waals surface area contributed by atoms with E-state index in [0.29, 0.717) is 0 Å². The topological polar surface area (TPSA) is 37.1 Å². The van der Waals surface area contributed by atoms with Crippen molar-refractivity contribution < 1.29 is 8.42 Å². The van der Waals surface area contributed by atoms with Gasteiger partial charge in [-0.3, -0.25) is 0 Å². The lowest BCUT2D eigenvalue weighted by atomic mass is 10.1. The number of sulfonamides is 1. The van der Waals surface area contributed by atoms with Gasteiger partial charge in [0.2, 0.25) is 10.0 Å². The highest BCUT2D eigenvalue weighted by Gasteiger charge is 2.55. The molecule has 1 heterocycles. The fourth-order valence-corrected chi connectivity index (χ4v) is 4.17. The normalized spacial score (nSPS) is 24.3. The third kappa shape index (κ3) is 2.35. The summed E-state index contributed by atoms with van der Waals surface area (Å²) in [5.41, 5.74) is 1.95. The van der Waals surface area contributed by atoms with E-state index in [1.165, 1.54) is 4.31 Å². The van der Waals surface area contributed by atoms with Crippen LogP contribution in [0.15, 0.2) is 59.5 Å². The first-order valence-corrected chi connectivity index (χ1v) is 8.11. The van der Waals surface area contributed by atoms with Crippen LogP contribution in [0.5, 0.6) is 0 Å². The van der Waals surface area contributed by atoms with Crippen molar-refractivity contribution in [2.75, 3.05) is 0 Å². The Morgan fingerprint density at radius 2 is 1.67 bits per heavy atom. The molecule has 4 heteroatoms. The number of aryl methyl sites for hydroxylation is 1. The molecule has 0 bridgehead atoms. The minimum atomic E-state index is -3.55. The zero-order chi connectivity index (χ0) is 15.0. The highest BCUT2D eigenvalue weighted by atomic mass is 32.2. The molecule has 21 heavy (non-hydrogen) atoms. The number of rotatable bonds is 3. The van der Waals surface area contributed by atoms with Gasteiger partial charge < -0.3 is 0 Å². The van der Waals surface area contributed by atoms with E-state index in [1.807, 2.05) is 37.3 Å². The van der Waals surface area contributed by atoms with E-state index in [9.17, 15) is 8.42 Å². The fourth-order valence-electron chi connectivity index (χ4n) is 2.49. The molecule has 0 radical (unpaired) electrons. The third-order valence-electron chi connectivity index (χ3n) is 3.67. The van der Waals surface area contributed by atoms with Gasteiger partial charge >= 0.3 is 0 Å². The molecule has 0 aromatic heterocycles. The summed E-state index contributed by atoms with van der Waals surface area (Å²) >= 11 is 0. The van der Waals surface area contributed by atoms with Crippen molar-refractivity contribution in [3.05, 3.63) is 65.7 Å². The van der Waals surface area contributed by atoms with Crippen molar-refractivity contribution >= 4 is 10.0 Å². The van der Waals surface area contributed by atoms with Crippen LogP contribution in [0.2, 0.25) is 0 Å². The van der Waals surface area contributed by atoms with Gasteiger partial charge in [0.15, 0.2) is 0 Å². The molecule has 3 atom stereocenters. The van der Waals surface area contributed by atoms with Gasteiger partial charge in [0, 0.05) is 0 Å². The number of terminal acetylenes is 1. The summed E-state index contributed by atoms with van der Waals surface area (Å²) < 4.78 is 26.8. The molecule has 106 valence electrons. The number of hydrogen-bond donors (Lipinski definition) is 0. The molecule has 1 unspecified atom stereocenters. The predicted octanol–water partition coefficient (Wildman–Crippen LogP) is 2.74. The Morgan fingerprint density at radius 3 is 2.24 bits per heavy atom. The van der Waals surface area contributed by atoms with Crippen LogP contribution in [-0.2, 0) is 10.0 Å². The van der Waals surface area contributed by atoms with Crippen LogP contribution in [0.4, 0.5) is 0 Å². The van der Waals surface area contributed by atoms with E-state index >= 15 is 0 Å². The fraction of sp³-hybridized carbons (Fsp3) is 0.176. The molecule has 0 spiro atoms. The number of hydrogen-bond acceptors (Lipinski definition) is 2. The number of nitrogens with zero attached hydrogens (tertiary/aromatic N) is 1. The van der Waals surface area contributed by atoms with Gasteiger partial charge in [0.25, 0.3) is 0 Å². The molecule has 3 nitrogen and oxygen atoms in total. The van der Waals surface area contributed by atoms with Gasteiger partial charge in [-0.15, -0.1) is 6.42 Å². The Balaban J connectivity index is 1.97. The van der Waals surface area contributed by atoms with Gasteiger partial charge in [-0.1, -0.05) is 53.9 Å². The van der Waals surface area contributed by atoms with E-state index in [4.69, 9.17) is 6.42 Å². The smallest absolute Gasteiger partial charge is 0.207 e. The Labute approximate surface area is 125 Å². The van der Waals surface area contributed by atoms with Crippen molar-refractivity contribution in [3.63, 3.8) is 0 Å². The summed E-state index contributed by atoms with van der Waals surface area (Å²) in [6, 6.07) is 15.6. The Bertz CT molecular complexity index is 789. The monoisotopic (exact) mass is 297 g/mol. The van der Waals surface area contributed by atoms with Crippen molar-refractivity contribution in [2.45, 2.75) is 23.9 Å². The minimum Gasteiger partial charge on any atom is -0.207 e. The summed E-state index contributed by atoms with van der Waals surface area (Å²) in [5, 5.41) is 0. The van der Waals surface area contributed by atoms with Gasteiger partial charge in [0.1, 0.15) is 6.04 Å². The summed E-state index contributed by atoms with van der Waals surface area (Å²) in [6.07, 6.45) is 5.49. The first kappa shape index (κ1) is 13.9. The molecule has 0 aliphatic carbocycles. The highest BCUT2D eigenvalue weighted by molar-refractivity contribution is 7.89.